The van der Waals surface area contributed by atoms with Gasteiger partial charge in [0, 0.05) is 23.9 Å². The van der Waals surface area contributed by atoms with E-state index in [1.807, 2.05) is 0 Å². The van der Waals surface area contributed by atoms with Gasteiger partial charge in [-0.05, 0) is 0 Å². The van der Waals surface area contributed by atoms with E-state index in [1.54, 1.807) is 32.4 Å². The highest BCUT2D eigenvalue weighted by molar-refractivity contribution is 5.70. The molecular weight excluding hydrogens is 274 g/mol. The molecule has 1 aromatic heterocycles. The molecule has 0 bridgehead atoms. The molecule has 0 aliphatic heterocycles. The smallest absolute Gasteiger partial charge is 0.205 e. The first-order valence-electron chi connectivity index (χ1n) is 6.07. The second-order valence-electron chi connectivity index (χ2n) is 3.97. The predicted molar refractivity (Wildman–Crippen MR) is 79.2 cm³/mol. The van der Waals surface area contributed by atoms with Crippen LogP contribution in [-0.4, -0.2) is 31.3 Å². The maximum atomic E-state index is 5.39. The van der Waals surface area contributed by atoms with Crippen molar-refractivity contribution >= 4 is 17.3 Å². The molecule has 1 aromatic carbocycles. The van der Waals surface area contributed by atoms with Crippen LogP contribution in [0.2, 0.25) is 0 Å². The molecule has 0 saturated carbocycles. The molecule has 0 aliphatic carbocycles. The van der Waals surface area contributed by atoms with Crippen LogP contribution in [0.4, 0.5) is 17.3 Å². The summed E-state index contributed by atoms with van der Waals surface area (Å²) in [5.74, 6) is 7.95. The van der Waals surface area contributed by atoms with Gasteiger partial charge in [-0.3, -0.25) is 0 Å². The Morgan fingerprint density at radius 3 is 2.05 bits per heavy atom. The lowest BCUT2D eigenvalue weighted by Crippen LogP contribution is -2.11. The normalized spacial score (nSPS) is 9.90. The Hall–Kier alpha value is -2.74. The SMILES string of the molecule is COc1cc(Nc2ncnc(NN)c2OC)cc(OC)c1. The zero-order valence-corrected chi connectivity index (χ0v) is 12.0. The first-order valence-corrected chi connectivity index (χ1v) is 6.07. The molecule has 0 atom stereocenters. The highest BCUT2D eigenvalue weighted by Crippen LogP contribution is 2.33. The number of hydrogen-bond donors (Lipinski definition) is 3. The number of nitrogens with two attached hydrogens (primary N) is 1. The van der Waals surface area contributed by atoms with E-state index >= 15 is 0 Å². The third-order valence-corrected chi connectivity index (χ3v) is 2.76. The predicted octanol–water partition coefficient (Wildman–Crippen LogP) is 1.53. The number of anilines is 3. The molecular formula is C13H17N5O3. The molecule has 0 radical (unpaired) electrons. The second-order valence-corrected chi connectivity index (χ2v) is 3.97. The minimum Gasteiger partial charge on any atom is -0.497 e. The van der Waals surface area contributed by atoms with Crippen molar-refractivity contribution in [2.45, 2.75) is 0 Å². The Labute approximate surface area is 122 Å². The van der Waals surface area contributed by atoms with Crippen molar-refractivity contribution < 1.29 is 14.2 Å². The van der Waals surface area contributed by atoms with E-state index < -0.39 is 0 Å². The standard InChI is InChI=1S/C13H17N5O3/c1-19-9-4-8(5-10(6-9)20-2)17-12-11(21-3)13(18-14)16-7-15-12/h4-7H,14H2,1-3H3,(H2,15,16,17,18). The molecule has 1 heterocycles. The van der Waals surface area contributed by atoms with Crippen LogP contribution in [0.15, 0.2) is 24.5 Å². The molecule has 0 saturated heterocycles. The topological polar surface area (TPSA) is 104 Å². The molecule has 2 aromatic rings. The van der Waals surface area contributed by atoms with Gasteiger partial charge in [0.2, 0.25) is 5.75 Å². The number of hydrazine groups is 1. The van der Waals surface area contributed by atoms with E-state index in [0.717, 1.165) is 5.69 Å². The van der Waals surface area contributed by atoms with Crippen LogP contribution in [0.1, 0.15) is 0 Å². The molecule has 2 rings (SSSR count). The van der Waals surface area contributed by atoms with E-state index in [2.05, 4.69) is 20.7 Å². The Kier molecular flexibility index (Phi) is 4.62. The number of hydrogen-bond acceptors (Lipinski definition) is 8. The summed E-state index contributed by atoms with van der Waals surface area (Å²) in [7, 11) is 4.68. The summed E-state index contributed by atoms with van der Waals surface area (Å²) >= 11 is 0. The van der Waals surface area contributed by atoms with Gasteiger partial charge in [0.15, 0.2) is 11.6 Å². The number of nitrogens with one attached hydrogen (secondary N) is 2. The van der Waals surface area contributed by atoms with Crippen LogP contribution in [-0.2, 0) is 0 Å². The Balaban J connectivity index is 2.38. The summed E-state index contributed by atoms with van der Waals surface area (Å²) in [6.45, 7) is 0. The minimum absolute atomic E-state index is 0.380. The van der Waals surface area contributed by atoms with Gasteiger partial charge in [0.1, 0.15) is 17.8 Å². The van der Waals surface area contributed by atoms with Crippen LogP contribution in [0.3, 0.4) is 0 Å². The Bertz CT molecular complexity index is 599. The fourth-order valence-corrected chi connectivity index (χ4v) is 1.78. The number of methoxy groups -OCH3 is 3. The van der Waals surface area contributed by atoms with E-state index in [1.165, 1.54) is 13.4 Å². The van der Waals surface area contributed by atoms with Crippen LogP contribution >= 0.6 is 0 Å². The van der Waals surface area contributed by atoms with Crippen molar-refractivity contribution in [3.63, 3.8) is 0 Å². The number of nitrogen functional groups attached to an aromatic ring is 1. The highest BCUT2D eigenvalue weighted by atomic mass is 16.5. The molecule has 8 nitrogen and oxygen atoms in total. The van der Waals surface area contributed by atoms with Gasteiger partial charge in [-0.1, -0.05) is 0 Å². The zero-order valence-electron chi connectivity index (χ0n) is 12.0. The van der Waals surface area contributed by atoms with Crippen molar-refractivity contribution in [3.8, 4) is 17.2 Å². The maximum absolute atomic E-state index is 5.39. The summed E-state index contributed by atoms with van der Waals surface area (Å²) in [4.78, 5) is 8.12. The summed E-state index contributed by atoms with van der Waals surface area (Å²) in [6.07, 6.45) is 1.37. The van der Waals surface area contributed by atoms with Crippen LogP contribution in [0.5, 0.6) is 17.2 Å². The number of benzene rings is 1. The maximum Gasteiger partial charge on any atom is 0.205 e. The van der Waals surface area contributed by atoms with E-state index in [0.29, 0.717) is 28.9 Å². The van der Waals surface area contributed by atoms with Crippen molar-refractivity contribution in [1.29, 1.82) is 0 Å². The first kappa shape index (κ1) is 14.7. The summed E-state index contributed by atoms with van der Waals surface area (Å²) < 4.78 is 15.7. The Morgan fingerprint density at radius 2 is 1.52 bits per heavy atom. The molecule has 0 aliphatic rings. The quantitative estimate of drug-likeness (QED) is 0.544. The van der Waals surface area contributed by atoms with Crippen LogP contribution < -0.4 is 30.8 Å². The molecule has 4 N–H and O–H groups in total. The molecule has 21 heavy (non-hydrogen) atoms. The summed E-state index contributed by atoms with van der Waals surface area (Å²) in [6, 6.07) is 5.38. The van der Waals surface area contributed by atoms with Gasteiger partial charge >= 0.3 is 0 Å². The third kappa shape index (κ3) is 3.23. The van der Waals surface area contributed by atoms with Gasteiger partial charge in [-0.2, -0.15) is 0 Å². The average Bonchev–Trinajstić information content (AvgIpc) is 2.54. The fourth-order valence-electron chi connectivity index (χ4n) is 1.78. The largest absolute Gasteiger partial charge is 0.497 e. The molecule has 112 valence electrons. The monoisotopic (exact) mass is 291 g/mol. The van der Waals surface area contributed by atoms with Gasteiger partial charge < -0.3 is 25.0 Å². The number of nitrogens with zero attached hydrogens (tertiary/aromatic N) is 2. The second kappa shape index (κ2) is 6.62. The number of ether oxygens (including phenoxy) is 3. The van der Waals surface area contributed by atoms with Crippen molar-refractivity contribution in [2.75, 3.05) is 32.1 Å². The van der Waals surface area contributed by atoms with Gasteiger partial charge in [0.25, 0.3) is 0 Å². The molecule has 0 amide bonds. The highest BCUT2D eigenvalue weighted by Gasteiger charge is 2.12. The first-order chi connectivity index (χ1) is 10.2. The lowest BCUT2D eigenvalue weighted by atomic mass is 10.2. The molecule has 0 spiro atoms. The van der Waals surface area contributed by atoms with Crippen molar-refractivity contribution in [2.24, 2.45) is 5.84 Å². The Morgan fingerprint density at radius 1 is 0.905 bits per heavy atom. The number of rotatable bonds is 6. The van der Waals surface area contributed by atoms with Gasteiger partial charge in [-0.15, -0.1) is 0 Å². The summed E-state index contributed by atoms with van der Waals surface area (Å²) in [5, 5.41) is 3.12. The molecule has 0 fully saturated rings. The van der Waals surface area contributed by atoms with E-state index in [9.17, 15) is 0 Å². The molecule has 8 heteroatoms. The zero-order chi connectivity index (χ0) is 15.2. The van der Waals surface area contributed by atoms with Crippen molar-refractivity contribution in [1.82, 2.24) is 9.97 Å². The van der Waals surface area contributed by atoms with Crippen molar-refractivity contribution in [3.05, 3.63) is 24.5 Å². The molecule has 0 unspecified atom stereocenters. The summed E-state index contributed by atoms with van der Waals surface area (Å²) in [5.41, 5.74) is 3.18. The number of aromatic nitrogens is 2. The van der Waals surface area contributed by atoms with E-state index in [4.69, 9.17) is 20.1 Å². The third-order valence-electron chi connectivity index (χ3n) is 2.76. The minimum atomic E-state index is 0.380. The lowest BCUT2D eigenvalue weighted by Gasteiger charge is -2.14. The fraction of sp³-hybridized carbons (Fsp3) is 0.231. The van der Waals surface area contributed by atoms with Gasteiger partial charge in [-0.25, -0.2) is 15.8 Å². The van der Waals surface area contributed by atoms with Crippen LogP contribution in [0.25, 0.3) is 0 Å². The average molecular weight is 291 g/mol. The van der Waals surface area contributed by atoms with Gasteiger partial charge in [0.05, 0.1) is 21.3 Å². The van der Waals surface area contributed by atoms with E-state index in [-0.39, 0.29) is 0 Å². The van der Waals surface area contributed by atoms with Crippen LogP contribution in [0, 0.1) is 0 Å². The lowest BCUT2D eigenvalue weighted by molar-refractivity contribution is 0.394.